The lowest BCUT2D eigenvalue weighted by atomic mass is 10.0. The summed E-state index contributed by atoms with van der Waals surface area (Å²) < 4.78 is 35.3. The Morgan fingerprint density at radius 2 is 1.88 bits per heavy atom. The van der Waals surface area contributed by atoms with Crippen LogP contribution in [0.15, 0.2) is 0 Å². The summed E-state index contributed by atoms with van der Waals surface area (Å²) in [5.74, 6) is -1.75. The zero-order valence-electron chi connectivity index (χ0n) is 9.36. The van der Waals surface area contributed by atoms with E-state index in [0.29, 0.717) is 6.42 Å². The van der Waals surface area contributed by atoms with Gasteiger partial charge in [-0.1, -0.05) is 6.92 Å². The van der Waals surface area contributed by atoms with Crippen LogP contribution in [0, 0.1) is 5.92 Å². The Morgan fingerprint density at radius 1 is 1.31 bits per heavy atom. The van der Waals surface area contributed by atoms with Gasteiger partial charge in [0, 0.05) is 13.0 Å². The monoisotopic (exact) mass is 239 g/mol. The molecule has 6 heteroatoms. The zero-order chi connectivity index (χ0) is 12.8. The number of rotatable bonds is 6. The molecular weight excluding hydrogens is 223 g/mol. The van der Waals surface area contributed by atoms with Crippen LogP contribution in [0.3, 0.4) is 0 Å². The topological polar surface area (TPSA) is 46.2 Å². The fourth-order valence-electron chi connectivity index (χ4n) is 1.09. The molecule has 0 aromatic carbocycles. The number of Topliss-reactive ketones (excluding diaryl/α,β-unsaturated/α-hetero) is 1. The molecule has 1 atom stereocenters. The third kappa shape index (κ3) is 6.42. The Kier molecular flexibility index (Phi) is 6.06. The summed E-state index contributed by atoms with van der Waals surface area (Å²) in [6, 6.07) is 0. The third-order valence-corrected chi connectivity index (χ3v) is 2.08. The summed E-state index contributed by atoms with van der Waals surface area (Å²) in [4.78, 5) is 22.5. The number of hydrogen-bond acceptors (Lipinski definition) is 2. The van der Waals surface area contributed by atoms with E-state index in [1.54, 1.807) is 6.92 Å². The molecule has 0 aromatic rings. The van der Waals surface area contributed by atoms with Crippen molar-refractivity contribution in [2.24, 2.45) is 5.92 Å². The first-order chi connectivity index (χ1) is 7.28. The maximum absolute atomic E-state index is 11.8. The van der Waals surface area contributed by atoms with Crippen LogP contribution in [0.1, 0.15) is 33.1 Å². The van der Waals surface area contributed by atoms with Crippen molar-refractivity contribution in [1.82, 2.24) is 5.32 Å². The van der Waals surface area contributed by atoms with Gasteiger partial charge >= 0.3 is 6.18 Å². The van der Waals surface area contributed by atoms with E-state index in [2.05, 4.69) is 5.32 Å². The summed E-state index contributed by atoms with van der Waals surface area (Å²) in [7, 11) is 0. The van der Waals surface area contributed by atoms with E-state index in [-0.39, 0.29) is 12.2 Å². The van der Waals surface area contributed by atoms with Gasteiger partial charge in [-0.25, -0.2) is 0 Å². The molecule has 16 heavy (non-hydrogen) atoms. The molecule has 1 amide bonds. The van der Waals surface area contributed by atoms with E-state index in [0.717, 1.165) is 0 Å². The molecule has 0 bridgehead atoms. The number of halogens is 3. The quantitative estimate of drug-likeness (QED) is 0.721. The lowest BCUT2D eigenvalue weighted by Gasteiger charge is -2.11. The van der Waals surface area contributed by atoms with Crippen molar-refractivity contribution in [3.05, 3.63) is 0 Å². The summed E-state index contributed by atoms with van der Waals surface area (Å²) in [6.45, 7) is 2.72. The van der Waals surface area contributed by atoms with Crippen LogP contribution in [0.25, 0.3) is 0 Å². The number of ketones is 1. The lowest BCUT2D eigenvalue weighted by Crippen LogP contribution is -2.35. The molecule has 0 spiro atoms. The fourth-order valence-corrected chi connectivity index (χ4v) is 1.09. The zero-order valence-corrected chi connectivity index (χ0v) is 9.36. The van der Waals surface area contributed by atoms with Crippen molar-refractivity contribution >= 4 is 11.7 Å². The number of hydrogen-bond donors (Lipinski definition) is 1. The highest BCUT2D eigenvalue weighted by molar-refractivity contribution is 6.00. The van der Waals surface area contributed by atoms with Gasteiger partial charge in [-0.2, -0.15) is 13.2 Å². The average molecular weight is 239 g/mol. The van der Waals surface area contributed by atoms with Crippen molar-refractivity contribution in [3.8, 4) is 0 Å². The molecule has 0 fully saturated rings. The summed E-state index contributed by atoms with van der Waals surface area (Å²) in [5, 5.41) is 2.10. The van der Waals surface area contributed by atoms with Gasteiger partial charge in [0.1, 0.15) is 5.78 Å². The number of carbonyl (C=O) groups is 2. The smallest absolute Gasteiger partial charge is 0.355 e. The van der Waals surface area contributed by atoms with E-state index >= 15 is 0 Å². The molecule has 0 saturated carbocycles. The van der Waals surface area contributed by atoms with Gasteiger partial charge in [0.05, 0.1) is 12.3 Å². The molecule has 3 nitrogen and oxygen atoms in total. The molecule has 0 rings (SSSR count). The Bertz CT molecular complexity index is 251. The highest BCUT2D eigenvalue weighted by Crippen LogP contribution is 2.18. The SMILES string of the molecule is CCCC(=O)C(C)C(=O)NCCC(F)(F)F. The van der Waals surface area contributed by atoms with Crippen molar-refractivity contribution in [3.63, 3.8) is 0 Å². The first-order valence-electron chi connectivity index (χ1n) is 5.15. The molecule has 0 aliphatic heterocycles. The number of amides is 1. The molecule has 0 aliphatic rings. The van der Waals surface area contributed by atoms with Crippen molar-refractivity contribution < 1.29 is 22.8 Å². The molecular formula is C10H16F3NO2. The van der Waals surface area contributed by atoms with E-state index in [9.17, 15) is 22.8 Å². The average Bonchev–Trinajstić information content (AvgIpc) is 2.14. The Balaban J connectivity index is 3.93. The third-order valence-electron chi connectivity index (χ3n) is 2.08. The van der Waals surface area contributed by atoms with Crippen molar-refractivity contribution in [2.45, 2.75) is 39.3 Å². The minimum Gasteiger partial charge on any atom is -0.355 e. The van der Waals surface area contributed by atoms with Crippen molar-refractivity contribution in [2.75, 3.05) is 6.54 Å². The summed E-state index contributed by atoms with van der Waals surface area (Å²) >= 11 is 0. The predicted octanol–water partition coefficient (Wildman–Crippen LogP) is 2.06. The molecule has 0 saturated heterocycles. The van der Waals surface area contributed by atoms with Gasteiger partial charge in [0.2, 0.25) is 5.91 Å². The highest BCUT2D eigenvalue weighted by Gasteiger charge is 2.27. The Hall–Kier alpha value is -1.07. The molecule has 0 radical (unpaired) electrons. The molecule has 0 aliphatic carbocycles. The van der Waals surface area contributed by atoms with E-state index in [4.69, 9.17) is 0 Å². The second-order valence-corrected chi connectivity index (χ2v) is 3.59. The van der Waals surface area contributed by atoms with E-state index < -0.39 is 31.0 Å². The summed E-state index contributed by atoms with van der Waals surface area (Å²) in [6.07, 6.45) is -4.47. The largest absolute Gasteiger partial charge is 0.390 e. The molecule has 94 valence electrons. The van der Waals surface area contributed by atoms with Gasteiger partial charge in [-0.05, 0) is 13.3 Å². The number of nitrogens with one attached hydrogen (secondary N) is 1. The second kappa shape index (κ2) is 6.50. The Morgan fingerprint density at radius 3 is 2.31 bits per heavy atom. The maximum atomic E-state index is 11.8. The fraction of sp³-hybridized carbons (Fsp3) is 0.800. The minimum atomic E-state index is -4.29. The van der Waals surface area contributed by atoms with E-state index in [1.807, 2.05) is 0 Å². The van der Waals surface area contributed by atoms with Crippen LogP contribution in [0.5, 0.6) is 0 Å². The Labute approximate surface area is 92.4 Å². The molecule has 0 aromatic heterocycles. The van der Waals surface area contributed by atoms with Gasteiger partial charge in [-0.3, -0.25) is 9.59 Å². The van der Waals surface area contributed by atoms with E-state index in [1.165, 1.54) is 6.92 Å². The van der Waals surface area contributed by atoms with Gasteiger partial charge < -0.3 is 5.32 Å². The van der Waals surface area contributed by atoms with Gasteiger partial charge in [0.15, 0.2) is 0 Å². The van der Waals surface area contributed by atoms with Crippen LogP contribution in [-0.4, -0.2) is 24.4 Å². The van der Waals surface area contributed by atoms with Gasteiger partial charge in [0.25, 0.3) is 0 Å². The summed E-state index contributed by atoms with van der Waals surface area (Å²) in [5.41, 5.74) is 0. The van der Waals surface area contributed by atoms with Crippen LogP contribution in [0.4, 0.5) is 13.2 Å². The first kappa shape index (κ1) is 14.9. The maximum Gasteiger partial charge on any atom is 0.390 e. The van der Waals surface area contributed by atoms with Crippen LogP contribution >= 0.6 is 0 Å². The minimum absolute atomic E-state index is 0.244. The molecule has 0 heterocycles. The van der Waals surface area contributed by atoms with Crippen molar-refractivity contribution in [1.29, 1.82) is 0 Å². The molecule has 1 unspecified atom stereocenters. The predicted molar refractivity (Wildman–Crippen MR) is 52.8 cm³/mol. The number of carbonyl (C=O) groups excluding carboxylic acids is 2. The van der Waals surface area contributed by atoms with Crippen LogP contribution in [-0.2, 0) is 9.59 Å². The molecule has 1 N–H and O–H groups in total. The standard InChI is InChI=1S/C10H16F3NO2/c1-3-4-8(15)7(2)9(16)14-6-5-10(11,12)13/h7H,3-6H2,1-2H3,(H,14,16). The lowest BCUT2D eigenvalue weighted by molar-refractivity contribution is -0.138. The van der Waals surface area contributed by atoms with Crippen LogP contribution in [0.2, 0.25) is 0 Å². The first-order valence-corrected chi connectivity index (χ1v) is 5.15. The van der Waals surface area contributed by atoms with Gasteiger partial charge in [-0.15, -0.1) is 0 Å². The van der Waals surface area contributed by atoms with Crippen LogP contribution < -0.4 is 5.32 Å². The number of alkyl halides is 3. The normalized spacial score (nSPS) is 13.3. The highest BCUT2D eigenvalue weighted by atomic mass is 19.4. The second-order valence-electron chi connectivity index (χ2n) is 3.59.